The van der Waals surface area contributed by atoms with Crippen LogP contribution < -0.4 is 5.32 Å². The number of hydrogen-bond acceptors (Lipinski definition) is 3. The predicted molar refractivity (Wildman–Crippen MR) is 88.3 cm³/mol. The number of amides is 2. The minimum atomic E-state index is -0.137. The van der Waals surface area contributed by atoms with E-state index in [4.69, 9.17) is 0 Å². The molecule has 0 aliphatic rings. The summed E-state index contributed by atoms with van der Waals surface area (Å²) < 4.78 is 1.72. The average Bonchev–Trinajstić information content (AvgIpc) is 2.95. The molecular weight excluding hydrogens is 292 g/mol. The highest BCUT2D eigenvalue weighted by Crippen LogP contribution is 2.10. The van der Waals surface area contributed by atoms with Crippen LogP contribution in [0.1, 0.15) is 33.3 Å². The van der Waals surface area contributed by atoms with Gasteiger partial charge >= 0.3 is 0 Å². The molecule has 0 aliphatic heterocycles. The van der Waals surface area contributed by atoms with Crippen molar-refractivity contribution >= 4 is 11.8 Å². The van der Waals surface area contributed by atoms with E-state index in [9.17, 15) is 9.59 Å². The smallest absolute Gasteiger partial charge is 0.257 e. The first-order chi connectivity index (χ1) is 11.0. The van der Waals surface area contributed by atoms with Gasteiger partial charge in [0.15, 0.2) is 0 Å². The van der Waals surface area contributed by atoms with Crippen molar-refractivity contribution in [2.75, 3.05) is 20.1 Å². The number of aryl methyl sites for hydroxylation is 1. The Kier molecular flexibility index (Phi) is 5.51. The zero-order chi connectivity index (χ0) is 16.8. The van der Waals surface area contributed by atoms with E-state index >= 15 is 0 Å². The van der Waals surface area contributed by atoms with Crippen LogP contribution in [0.15, 0.2) is 36.5 Å². The molecule has 0 spiro atoms. The minimum Gasteiger partial charge on any atom is -0.350 e. The highest BCUT2D eigenvalue weighted by Gasteiger charge is 2.18. The van der Waals surface area contributed by atoms with Gasteiger partial charge in [-0.3, -0.25) is 14.3 Å². The molecular formula is C17H22N4O2. The summed E-state index contributed by atoms with van der Waals surface area (Å²) in [7, 11) is 3.55. The van der Waals surface area contributed by atoms with E-state index in [1.54, 1.807) is 35.0 Å². The number of carbonyl (C=O) groups is 2. The summed E-state index contributed by atoms with van der Waals surface area (Å²) in [5.74, 6) is -0.217. The van der Waals surface area contributed by atoms with Crippen LogP contribution in [-0.4, -0.2) is 46.6 Å². The number of aromatic nitrogens is 2. The van der Waals surface area contributed by atoms with Crippen LogP contribution >= 0.6 is 0 Å². The van der Waals surface area contributed by atoms with E-state index in [1.165, 1.54) is 0 Å². The fourth-order valence-corrected chi connectivity index (χ4v) is 2.40. The van der Waals surface area contributed by atoms with E-state index in [-0.39, 0.29) is 11.8 Å². The van der Waals surface area contributed by atoms with Crippen molar-refractivity contribution in [1.29, 1.82) is 0 Å². The van der Waals surface area contributed by atoms with Gasteiger partial charge in [0, 0.05) is 32.7 Å². The number of carbonyl (C=O) groups excluding carboxylic acids is 2. The largest absolute Gasteiger partial charge is 0.350 e. The fraction of sp³-hybridized carbons (Fsp3) is 0.353. The van der Waals surface area contributed by atoms with E-state index in [2.05, 4.69) is 10.4 Å². The van der Waals surface area contributed by atoms with Crippen LogP contribution in [0.4, 0.5) is 0 Å². The molecule has 6 heteroatoms. The lowest BCUT2D eigenvalue weighted by atomic mass is 10.2. The van der Waals surface area contributed by atoms with E-state index in [0.717, 1.165) is 12.1 Å². The maximum absolute atomic E-state index is 12.4. The third-order valence-electron chi connectivity index (χ3n) is 3.74. The van der Waals surface area contributed by atoms with Gasteiger partial charge in [-0.05, 0) is 18.6 Å². The van der Waals surface area contributed by atoms with Gasteiger partial charge in [-0.2, -0.15) is 5.10 Å². The Morgan fingerprint density at radius 3 is 2.61 bits per heavy atom. The molecule has 0 unspecified atom stereocenters. The normalized spacial score (nSPS) is 10.4. The second-order valence-corrected chi connectivity index (χ2v) is 5.33. The number of hydrogen-bond donors (Lipinski definition) is 1. The van der Waals surface area contributed by atoms with E-state index in [0.29, 0.717) is 24.2 Å². The molecule has 0 saturated carbocycles. The van der Waals surface area contributed by atoms with E-state index < -0.39 is 0 Å². The Hall–Kier alpha value is -2.63. The maximum Gasteiger partial charge on any atom is 0.257 e. The lowest BCUT2D eigenvalue weighted by molar-refractivity contribution is 0.0786. The maximum atomic E-state index is 12.4. The molecule has 1 heterocycles. The lowest BCUT2D eigenvalue weighted by Gasteiger charge is -2.17. The molecule has 1 N–H and O–H groups in total. The van der Waals surface area contributed by atoms with Gasteiger partial charge < -0.3 is 10.2 Å². The average molecular weight is 314 g/mol. The zero-order valence-corrected chi connectivity index (χ0v) is 13.7. The topological polar surface area (TPSA) is 67.2 Å². The van der Waals surface area contributed by atoms with Crippen LogP contribution in [0.25, 0.3) is 0 Å². The standard InChI is InChI=1S/C17H22N4O2/c1-4-15-14(12-19-21(15)3)17(23)20(2)11-10-18-16(22)13-8-6-5-7-9-13/h5-9,12H,4,10-11H2,1-3H3,(H,18,22). The number of rotatable bonds is 6. The molecule has 6 nitrogen and oxygen atoms in total. The summed E-state index contributed by atoms with van der Waals surface area (Å²) in [4.78, 5) is 26.0. The molecule has 0 aliphatic carbocycles. The molecule has 2 rings (SSSR count). The molecule has 0 atom stereocenters. The van der Waals surface area contributed by atoms with Gasteiger partial charge in [-0.15, -0.1) is 0 Å². The summed E-state index contributed by atoms with van der Waals surface area (Å²) in [5, 5.41) is 6.95. The van der Waals surface area contributed by atoms with Gasteiger partial charge in [0.05, 0.1) is 17.5 Å². The Bertz CT molecular complexity index is 679. The second-order valence-electron chi connectivity index (χ2n) is 5.33. The monoisotopic (exact) mass is 314 g/mol. The first kappa shape index (κ1) is 16.7. The van der Waals surface area contributed by atoms with Crippen molar-refractivity contribution < 1.29 is 9.59 Å². The van der Waals surface area contributed by atoms with Crippen LogP contribution in [-0.2, 0) is 13.5 Å². The van der Waals surface area contributed by atoms with Crippen molar-refractivity contribution in [3.8, 4) is 0 Å². The fourth-order valence-electron chi connectivity index (χ4n) is 2.40. The van der Waals surface area contributed by atoms with Gasteiger partial charge in [0.1, 0.15) is 0 Å². The predicted octanol–water partition coefficient (Wildman–Crippen LogP) is 1.48. The minimum absolute atomic E-state index is 0.0797. The lowest BCUT2D eigenvalue weighted by Crippen LogP contribution is -2.36. The summed E-state index contributed by atoms with van der Waals surface area (Å²) in [6, 6.07) is 9.02. The first-order valence-corrected chi connectivity index (χ1v) is 7.64. The molecule has 0 saturated heterocycles. The Morgan fingerprint density at radius 2 is 1.96 bits per heavy atom. The summed E-state index contributed by atoms with van der Waals surface area (Å²) in [6.45, 7) is 2.83. The molecule has 0 fully saturated rings. The number of benzene rings is 1. The molecule has 0 bridgehead atoms. The molecule has 2 amide bonds. The molecule has 23 heavy (non-hydrogen) atoms. The summed E-state index contributed by atoms with van der Waals surface area (Å²) in [5.41, 5.74) is 2.14. The molecule has 2 aromatic rings. The van der Waals surface area contributed by atoms with Crippen molar-refractivity contribution in [2.24, 2.45) is 7.05 Å². The molecule has 122 valence electrons. The number of nitrogens with one attached hydrogen (secondary N) is 1. The third kappa shape index (κ3) is 3.97. The highest BCUT2D eigenvalue weighted by atomic mass is 16.2. The molecule has 1 aromatic heterocycles. The van der Waals surface area contributed by atoms with Crippen molar-refractivity contribution in [3.63, 3.8) is 0 Å². The van der Waals surface area contributed by atoms with Gasteiger partial charge in [0.25, 0.3) is 11.8 Å². The van der Waals surface area contributed by atoms with Gasteiger partial charge in [0.2, 0.25) is 0 Å². The molecule has 1 aromatic carbocycles. The Balaban J connectivity index is 1.88. The van der Waals surface area contributed by atoms with Crippen LogP contribution in [0.3, 0.4) is 0 Å². The van der Waals surface area contributed by atoms with Crippen LogP contribution in [0.2, 0.25) is 0 Å². The Morgan fingerprint density at radius 1 is 1.26 bits per heavy atom. The van der Waals surface area contributed by atoms with Crippen molar-refractivity contribution in [3.05, 3.63) is 53.3 Å². The van der Waals surface area contributed by atoms with Gasteiger partial charge in [-0.1, -0.05) is 25.1 Å². The number of nitrogens with zero attached hydrogens (tertiary/aromatic N) is 3. The van der Waals surface area contributed by atoms with Crippen LogP contribution in [0, 0.1) is 0 Å². The Labute approximate surface area is 136 Å². The van der Waals surface area contributed by atoms with E-state index in [1.807, 2.05) is 32.2 Å². The molecule has 0 radical (unpaired) electrons. The first-order valence-electron chi connectivity index (χ1n) is 7.64. The van der Waals surface area contributed by atoms with Gasteiger partial charge in [-0.25, -0.2) is 0 Å². The quantitative estimate of drug-likeness (QED) is 0.878. The van der Waals surface area contributed by atoms with Crippen LogP contribution in [0.5, 0.6) is 0 Å². The summed E-state index contributed by atoms with van der Waals surface area (Å²) in [6.07, 6.45) is 2.34. The second kappa shape index (κ2) is 7.58. The van der Waals surface area contributed by atoms with Crippen molar-refractivity contribution in [2.45, 2.75) is 13.3 Å². The summed E-state index contributed by atoms with van der Waals surface area (Å²) >= 11 is 0. The third-order valence-corrected chi connectivity index (χ3v) is 3.74. The van der Waals surface area contributed by atoms with Crippen molar-refractivity contribution in [1.82, 2.24) is 20.0 Å². The number of likely N-dealkylation sites (N-methyl/N-ethyl adjacent to an activating group) is 1. The highest BCUT2D eigenvalue weighted by molar-refractivity contribution is 5.95. The SMILES string of the molecule is CCc1c(C(=O)N(C)CCNC(=O)c2ccccc2)cnn1C. The zero-order valence-electron chi connectivity index (χ0n) is 13.7.